The maximum Gasteiger partial charge on any atom is 0.307 e. The van der Waals surface area contributed by atoms with Gasteiger partial charge in [-0.25, -0.2) is 0 Å². The number of benzene rings is 1. The summed E-state index contributed by atoms with van der Waals surface area (Å²) in [4.78, 5) is 16.9. The van der Waals surface area contributed by atoms with Gasteiger partial charge in [0.05, 0.1) is 6.42 Å². The molecule has 31 heavy (non-hydrogen) atoms. The molecule has 1 saturated heterocycles. The topological polar surface area (TPSA) is 74.3 Å². The highest BCUT2D eigenvalue weighted by atomic mass is 16.5. The molecule has 0 saturated carbocycles. The number of hydrogen-bond acceptors (Lipinski definition) is 7. The van der Waals surface area contributed by atoms with E-state index in [1.807, 2.05) is 30.3 Å². The van der Waals surface area contributed by atoms with Gasteiger partial charge in [-0.15, -0.1) is 0 Å². The summed E-state index contributed by atoms with van der Waals surface area (Å²) in [5, 5.41) is 13.2. The molecule has 0 spiro atoms. The molecule has 7 heteroatoms. The van der Waals surface area contributed by atoms with Crippen molar-refractivity contribution >= 4 is 5.97 Å². The van der Waals surface area contributed by atoms with Crippen molar-refractivity contribution in [2.45, 2.75) is 45.1 Å². The van der Waals surface area contributed by atoms with Crippen LogP contribution in [0.15, 0.2) is 30.3 Å². The standard InChI is InChI=1S/C24H41N3O4/c1-2-3-7-14-26-16-18-27(19-17-26)15-8-12-25-13-11-24(29)31-21-22(28)20-30-23-9-5-4-6-10-23/h4-6,9-10,22,25,28H,2-3,7-8,11-21H2,1H3. The monoisotopic (exact) mass is 435 g/mol. The average Bonchev–Trinajstić information content (AvgIpc) is 2.80. The van der Waals surface area contributed by atoms with Crippen molar-refractivity contribution in [3.8, 4) is 5.75 Å². The zero-order valence-corrected chi connectivity index (χ0v) is 19.1. The van der Waals surface area contributed by atoms with E-state index in [0.717, 1.165) is 32.6 Å². The zero-order chi connectivity index (χ0) is 22.2. The highest BCUT2D eigenvalue weighted by Crippen LogP contribution is 2.08. The van der Waals surface area contributed by atoms with Crippen LogP contribution in [-0.4, -0.2) is 92.6 Å². The normalized spacial score (nSPS) is 16.2. The van der Waals surface area contributed by atoms with Gasteiger partial charge in [0, 0.05) is 32.7 Å². The summed E-state index contributed by atoms with van der Waals surface area (Å²) in [5.41, 5.74) is 0. The van der Waals surface area contributed by atoms with Crippen molar-refractivity contribution < 1.29 is 19.4 Å². The van der Waals surface area contributed by atoms with Crippen LogP contribution in [0.4, 0.5) is 0 Å². The number of ether oxygens (including phenoxy) is 2. The molecule has 1 aliphatic heterocycles. The van der Waals surface area contributed by atoms with Gasteiger partial charge in [-0.3, -0.25) is 4.79 Å². The SMILES string of the molecule is CCCCCN1CCN(CCCNCCC(=O)OCC(O)COc2ccccc2)CC1. The summed E-state index contributed by atoms with van der Waals surface area (Å²) >= 11 is 0. The molecule has 0 radical (unpaired) electrons. The maximum atomic E-state index is 11.8. The molecular weight excluding hydrogens is 394 g/mol. The Morgan fingerprint density at radius 3 is 2.35 bits per heavy atom. The number of carbonyl (C=O) groups excluding carboxylic acids is 1. The first-order valence-corrected chi connectivity index (χ1v) is 11.8. The third-order valence-electron chi connectivity index (χ3n) is 5.50. The van der Waals surface area contributed by atoms with E-state index in [-0.39, 0.29) is 19.2 Å². The summed E-state index contributed by atoms with van der Waals surface area (Å²) in [5.74, 6) is 0.386. The number of rotatable bonds is 16. The Hall–Kier alpha value is -1.67. The molecule has 1 fully saturated rings. The minimum atomic E-state index is -0.829. The lowest BCUT2D eigenvalue weighted by atomic mass is 10.2. The first-order chi connectivity index (χ1) is 15.2. The Bertz CT molecular complexity index is 579. The van der Waals surface area contributed by atoms with Crippen LogP contribution < -0.4 is 10.1 Å². The number of unbranched alkanes of at least 4 members (excludes halogenated alkanes) is 2. The molecule has 1 atom stereocenters. The van der Waals surface area contributed by atoms with E-state index in [9.17, 15) is 9.90 Å². The van der Waals surface area contributed by atoms with Crippen molar-refractivity contribution in [2.75, 3.05) is 65.6 Å². The summed E-state index contributed by atoms with van der Waals surface area (Å²) in [6.45, 7) is 10.9. The van der Waals surface area contributed by atoms with E-state index in [1.54, 1.807) is 0 Å². The third kappa shape index (κ3) is 12.1. The molecule has 0 amide bonds. The number of nitrogens with zero attached hydrogens (tertiary/aromatic N) is 2. The molecule has 2 N–H and O–H groups in total. The quantitative estimate of drug-likeness (QED) is 0.304. The lowest BCUT2D eigenvalue weighted by Crippen LogP contribution is -2.47. The van der Waals surface area contributed by atoms with Crippen molar-refractivity contribution in [3.63, 3.8) is 0 Å². The number of nitrogens with one attached hydrogen (secondary N) is 1. The summed E-state index contributed by atoms with van der Waals surface area (Å²) < 4.78 is 10.6. The molecule has 0 aliphatic carbocycles. The molecule has 176 valence electrons. The van der Waals surface area contributed by atoms with Crippen molar-refractivity contribution in [2.24, 2.45) is 0 Å². The number of carbonyl (C=O) groups is 1. The van der Waals surface area contributed by atoms with Gasteiger partial charge < -0.3 is 29.7 Å². The lowest BCUT2D eigenvalue weighted by Gasteiger charge is -2.34. The van der Waals surface area contributed by atoms with E-state index in [4.69, 9.17) is 9.47 Å². The fourth-order valence-electron chi connectivity index (χ4n) is 3.58. The fraction of sp³-hybridized carbons (Fsp3) is 0.708. The van der Waals surface area contributed by atoms with Crippen molar-refractivity contribution in [1.29, 1.82) is 0 Å². The van der Waals surface area contributed by atoms with Gasteiger partial charge in [0.2, 0.25) is 0 Å². The molecule has 2 rings (SSSR count). The summed E-state index contributed by atoms with van der Waals surface area (Å²) in [7, 11) is 0. The first kappa shape index (κ1) is 25.6. The molecule has 7 nitrogen and oxygen atoms in total. The lowest BCUT2D eigenvalue weighted by molar-refractivity contribution is -0.147. The molecule has 1 aromatic carbocycles. The molecule has 1 heterocycles. The Balaban J connectivity index is 1.39. The van der Waals surface area contributed by atoms with E-state index in [1.165, 1.54) is 38.9 Å². The van der Waals surface area contributed by atoms with E-state index in [0.29, 0.717) is 18.7 Å². The smallest absolute Gasteiger partial charge is 0.307 e. The average molecular weight is 436 g/mol. The van der Waals surface area contributed by atoms with E-state index in [2.05, 4.69) is 22.0 Å². The van der Waals surface area contributed by atoms with E-state index >= 15 is 0 Å². The Labute approximate surface area is 187 Å². The van der Waals surface area contributed by atoms with Gasteiger partial charge in [0.1, 0.15) is 25.1 Å². The number of aliphatic hydroxyl groups excluding tert-OH is 1. The van der Waals surface area contributed by atoms with Gasteiger partial charge in [0.15, 0.2) is 0 Å². The van der Waals surface area contributed by atoms with Gasteiger partial charge in [-0.05, 0) is 44.6 Å². The first-order valence-electron chi connectivity index (χ1n) is 11.8. The minimum Gasteiger partial charge on any atom is -0.491 e. The largest absolute Gasteiger partial charge is 0.491 e. The fourth-order valence-corrected chi connectivity index (χ4v) is 3.58. The predicted molar refractivity (Wildman–Crippen MR) is 123 cm³/mol. The second-order valence-electron chi connectivity index (χ2n) is 8.20. The highest BCUT2D eigenvalue weighted by molar-refractivity contribution is 5.69. The van der Waals surface area contributed by atoms with Crippen LogP contribution in [0.3, 0.4) is 0 Å². The van der Waals surface area contributed by atoms with Crippen LogP contribution in [0.5, 0.6) is 5.75 Å². The number of esters is 1. The summed E-state index contributed by atoms with van der Waals surface area (Å²) in [6, 6.07) is 9.27. The van der Waals surface area contributed by atoms with Crippen LogP contribution >= 0.6 is 0 Å². The molecule has 0 bridgehead atoms. The summed E-state index contributed by atoms with van der Waals surface area (Å²) in [6.07, 6.45) is 4.51. The second-order valence-corrected chi connectivity index (χ2v) is 8.20. The third-order valence-corrected chi connectivity index (χ3v) is 5.50. The van der Waals surface area contributed by atoms with Crippen LogP contribution in [0.25, 0.3) is 0 Å². The zero-order valence-electron chi connectivity index (χ0n) is 19.1. The number of para-hydroxylation sites is 1. The molecule has 1 aliphatic rings. The second kappa shape index (κ2) is 16.0. The van der Waals surface area contributed by atoms with Crippen molar-refractivity contribution in [3.05, 3.63) is 30.3 Å². The van der Waals surface area contributed by atoms with Crippen LogP contribution in [0.2, 0.25) is 0 Å². The van der Waals surface area contributed by atoms with Crippen LogP contribution in [0, 0.1) is 0 Å². The Kier molecular flexibility index (Phi) is 13.2. The minimum absolute atomic E-state index is 0.0455. The van der Waals surface area contributed by atoms with Gasteiger partial charge in [-0.2, -0.15) is 0 Å². The van der Waals surface area contributed by atoms with E-state index < -0.39 is 6.10 Å². The maximum absolute atomic E-state index is 11.8. The van der Waals surface area contributed by atoms with Gasteiger partial charge in [0.25, 0.3) is 0 Å². The van der Waals surface area contributed by atoms with Crippen LogP contribution in [0.1, 0.15) is 39.0 Å². The van der Waals surface area contributed by atoms with Gasteiger partial charge >= 0.3 is 5.97 Å². The number of aliphatic hydroxyl groups is 1. The van der Waals surface area contributed by atoms with Crippen molar-refractivity contribution in [1.82, 2.24) is 15.1 Å². The van der Waals surface area contributed by atoms with Gasteiger partial charge in [-0.1, -0.05) is 38.0 Å². The number of hydrogen-bond donors (Lipinski definition) is 2. The molecule has 1 unspecified atom stereocenters. The van der Waals surface area contributed by atoms with Crippen LogP contribution in [-0.2, 0) is 9.53 Å². The Morgan fingerprint density at radius 2 is 1.68 bits per heavy atom. The molecular formula is C24H41N3O4. The highest BCUT2D eigenvalue weighted by Gasteiger charge is 2.15. The number of piperazine rings is 1. The predicted octanol–water partition coefficient (Wildman–Crippen LogP) is 2.15. The molecule has 1 aromatic rings. The Morgan fingerprint density at radius 1 is 1.00 bits per heavy atom. The molecule has 0 aromatic heterocycles.